The lowest BCUT2D eigenvalue weighted by Gasteiger charge is -2.13. The standard InChI is InChI=1S/C13H13Cl2NS/c1-2-8-5-6-17-13(8)12(16)9-3-4-10(14)11(15)7-9/h3-7,12H,2,16H2,1H3. The minimum atomic E-state index is -0.125. The zero-order chi connectivity index (χ0) is 12.4. The Balaban J connectivity index is 2.36. The van der Waals surface area contributed by atoms with Crippen LogP contribution in [0.4, 0.5) is 0 Å². The molecule has 1 heterocycles. The predicted molar refractivity (Wildman–Crippen MR) is 76.2 cm³/mol. The zero-order valence-corrected chi connectivity index (χ0v) is 11.7. The quantitative estimate of drug-likeness (QED) is 0.872. The Hall–Kier alpha value is -0.540. The van der Waals surface area contributed by atoms with Crippen LogP contribution in [0.3, 0.4) is 0 Å². The second-order valence-electron chi connectivity index (χ2n) is 3.81. The molecular formula is C13H13Cl2NS. The van der Waals surface area contributed by atoms with Gasteiger partial charge < -0.3 is 5.73 Å². The molecule has 1 atom stereocenters. The van der Waals surface area contributed by atoms with Crippen LogP contribution in [0, 0.1) is 0 Å². The maximum Gasteiger partial charge on any atom is 0.0649 e. The zero-order valence-electron chi connectivity index (χ0n) is 9.41. The summed E-state index contributed by atoms with van der Waals surface area (Å²) in [5.41, 5.74) is 8.56. The third-order valence-electron chi connectivity index (χ3n) is 2.75. The van der Waals surface area contributed by atoms with Gasteiger partial charge in [0.2, 0.25) is 0 Å². The number of hydrogen-bond donors (Lipinski definition) is 1. The molecule has 0 saturated carbocycles. The topological polar surface area (TPSA) is 26.0 Å². The van der Waals surface area contributed by atoms with E-state index in [1.807, 2.05) is 12.1 Å². The van der Waals surface area contributed by atoms with E-state index in [9.17, 15) is 0 Å². The Morgan fingerprint density at radius 3 is 2.65 bits per heavy atom. The maximum absolute atomic E-state index is 6.26. The van der Waals surface area contributed by atoms with Gasteiger partial charge in [-0.15, -0.1) is 11.3 Å². The van der Waals surface area contributed by atoms with E-state index in [4.69, 9.17) is 28.9 Å². The van der Waals surface area contributed by atoms with E-state index in [2.05, 4.69) is 18.4 Å². The first kappa shape index (κ1) is 12.9. The molecule has 0 spiro atoms. The van der Waals surface area contributed by atoms with Crippen molar-refractivity contribution in [2.24, 2.45) is 5.73 Å². The third kappa shape index (κ3) is 2.66. The first-order valence-corrected chi connectivity index (χ1v) is 7.03. The molecular weight excluding hydrogens is 273 g/mol. The second-order valence-corrected chi connectivity index (χ2v) is 5.58. The Morgan fingerprint density at radius 1 is 1.24 bits per heavy atom. The van der Waals surface area contributed by atoms with Gasteiger partial charge in [-0.1, -0.05) is 36.2 Å². The van der Waals surface area contributed by atoms with E-state index in [0.717, 1.165) is 12.0 Å². The average Bonchev–Trinajstić information content (AvgIpc) is 2.80. The van der Waals surface area contributed by atoms with Crippen LogP contribution in [-0.4, -0.2) is 0 Å². The van der Waals surface area contributed by atoms with Gasteiger partial charge in [0.15, 0.2) is 0 Å². The lowest BCUT2D eigenvalue weighted by atomic mass is 10.0. The van der Waals surface area contributed by atoms with Gasteiger partial charge in [-0.3, -0.25) is 0 Å². The maximum atomic E-state index is 6.26. The third-order valence-corrected chi connectivity index (χ3v) is 4.53. The fraction of sp³-hybridized carbons (Fsp3) is 0.231. The highest BCUT2D eigenvalue weighted by atomic mass is 35.5. The number of nitrogens with two attached hydrogens (primary N) is 1. The van der Waals surface area contributed by atoms with Crippen molar-refractivity contribution in [1.82, 2.24) is 0 Å². The van der Waals surface area contributed by atoms with Crippen LogP contribution in [0.15, 0.2) is 29.6 Å². The van der Waals surface area contributed by atoms with E-state index in [-0.39, 0.29) is 6.04 Å². The van der Waals surface area contributed by atoms with Crippen molar-refractivity contribution >= 4 is 34.5 Å². The smallest absolute Gasteiger partial charge is 0.0649 e. The van der Waals surface area contributed by atoms with Crippen molar-refractivity contribution in [3.8, 4) is 0 Å². The molecule has 0 fully saturated rings. The van der Waals surface area contributed by atoms with Gasteiger partial charge in [-0.2, -0.15) is 0 Å². The highest BCUT2D eigenvalue weighted by Crippen LogP contribution is 2.31. The SMILES string of the molecule is CCc1ccsc1C(N)c1ccc(Cl)c(Cl)c1. The predicted octanol–water partition coefficient (Wildman–Crippen LogP) is 4.67. The first-order valence-electron chi connectivity index (χ1n) is 5.40. The molecule has 0 bridgehead atoms. The summed E-state index contributed by atoms with van der Waals surface area (Å²) in [4.78, 5) is 1.20. The molecule has 90 valence electrons. The molecule has 17 heavy (non-hydrogen) atoms. The molecule has 1 unspecified atom stereocenters. The first-order chi connectivity index (χ1) is 8.13. The second kappa shape index (κ2) is 5.40. The molecule has 0 aliphatic rings. The number of aryl methyl sites for hydroxylation is 1. The molecule has 1 nitrogen and oxygen atoms in total. The number of rotatable bonds is 3. The normalized spacial score (nSPS) is 12.7. The summed E-state index contributed by atoms with van der Waals surface area (Å²) < 4.78 is 0. The van der Waals surface area contributed by atoms with E-state index in [1.165, 1.54) is 10.4 Å². The van der Waals surface area contributed by atoms with Crippen LogP contribution in [0.2, 0.25) is 10.0 Å². The Kier molecular flexibility index (Phi) is 4.10. The van der Waals surface area contributed by atoms with Gasteiger partial charge in [-0.25, -0.2) is 0 Å². The van der Waals surface area contributed by atoms with Crippen molar-refractivity contribution in [2.45, 2.75) is 19.4 Å². The number of thiophene rings is 1. The molecule has 4 heteroatoms. The van der Waals surface area contributed by atoms with Crippen LogP contribution in [0.5, 0.6) is 0 Å². The molecule has 0 aliphatic heterocycles. The summed E-state index contributed by atoms with van der Waals surface area (Å²) in [6, 6.07) is 7.56. The molecule has 0 aliphatic carbocycles. The summed E-state index contributed by atoms with van der Waals surface area (Å²) in [6.07, 6.45) is 0.994. The van der Waals surface area contributed by atoms with Crippen molar-refractivity contribution < 1.29 is 0 Å². The minimum absolute atomic E-state index is 0.125. The van der Waals surface area contributed by atoms with Crippen molar-refractivity contribution in [1.29, 1.82) is 0 Å². The van der Waals surface area contributed by atoms with Crippen LogP contribution in [0.25, 0.3) is 0 Å². The lowest BCUT2D eigenvalue weighted by Crippen LogP contribution is -2.11. The van der Waals surface area contributed by atoms with Gasteiger partial charge in [0, 0.05) is 4.88 Å². The van der Waals surface area contributed by atoms with E-state index in [1.54, 1.807) is 17.4 Å². The van der Waals surface area contributed by atoms with Crippen LogP contribution < -0.4 is 5.73 Å². The van der Waals surface area contributed by atoms with E-state index >= 15 is 0 Å². The average molecular weight is 286 g/mol. The molecule has 2 N–H and O–H groups in total. The summed E-state index contributed by atoms with van der Waals surface area (Å²) in [6.45, 7) is 2.13. The summed E-state index contributed by atoms with van der Waals surface area (Å²) in [7, 11) is 0. The van der Waals surface area contributed by atoms with Gasteiger partial charge in [0.1, 0.15) is 0 Å². The Morgan fingerprint density at radius 2 is 2.00 bits per heavy atom. The van der Waals surface area contributed by atoms with Crippen molar-refractivity contribution in [3.63, 3.8) is 0 Å². The van der Waals surface area contributed by atoms with E-state index in [0.29, 0.717) is 10.0 Å². The molecule has 0 radical (unpaired) electrons. The Labute approximate surface area is 115 Å². The van der Waals surface area contributed by atoms with Gasteiger partial charge in [0.05, 0.1) is 16.1 Å². The highest BCUT2D eigenvalue weighted by Gasteiger charge is 2.14. The highest BCUT2D eigenvalue weighted by molar-refractivity contribution is 7.10. The Bertz CT molecular complexity index is 522. The number of benzene rings is 1. The van der Waals surface area contributed by atoms with E-state index < -0.39 is 0 Å². The largest absolute Gasteiger partial charge is 0.320 e. The van der Waals surface area contributed by atoms with Crippen molar-refractivity contribution in [3.05, 3.63) is 55.7 Å². The molecule has 1 aromatic heterocycles. The molecule has 1 aromatic carbocycles. The lowest BCUT2D eigenvalue weighted by molar-refractivity contribution is 0.874. The number of halogens is 2. The molecule has 2 rings (SSSR count). The molecule has 0 saturated heterocycles. The summed E-state index contributed by atoms with van der Waals surface area (Å²) >= 11 is 13.6. The monoisotopic (exact) mass is 285 g/mol. The molecule has 2 aromatic rings. The number of hydrogen-bond acceptors (Lipinski definition) is 2. The van der Waals surface area contributed by atoms with Gasteiger partial charge in [-0.05, 0) is 41.1 Å². The van der Waals surface area contributed by atoms with Crippen molar-refractivity contribution in [2.75, 3.05) is 0 Å². The fourth-order valence-corrected chi connectivity index (χ4v) is 3.10. The van der Waals surface area contributed by atoms with Gasteiger partial charge in [0.25, 0.3) is 0 Å². The minimum Gasteiger partial charge on any atom is -0.320 e. The summed E-state index contributed by atoms with van der Waals surface area (Å²) in [5, 5.41) is 3.18. The fourth-order valence-electron chi connectivity index (χ4n) is 1.77. The van der Waals surface area contributed by atoms with Crippen LogP contribution in [-0.2, 0) is 6.42 Å². The molecule has 0 amide bonds. The summed E-state index contributed by atoms with van der Waals surface area (Å²) in [5.74, 6) is 0. The van der Waals surface area contributed by atoms with Crippen LogP contribution >= 0.6 is 34.5 Å². The van der Waals surface area contributed by atoms with Gasteiger partial charge >= 0.3 is 0 Å². The van der Waals surface area contributed by atoms with Crippen LogP contribution in [0.1, 0.15) is 29.0 Å².